The third-order valence-electron chi connectivity index (χ3n) is 8.18. The van der Waals surface area contributed by atoms with Crippen LogP contribution in [0.25, 0.3) is 10.9 Å². The van der Waals surface area contributed by atoms with Gasteiger partial charge < -0.3 is 10.3 Å². The Balaban J connectivity index is 1.37. The summed E-state index contributed by atoms with van der Waals surface area (Å²) in [6.07, 6.45) is 4.15. The van der Waals surface area contributed by atoms with E-state index in [9.17, 15) is 23.6 Å². The number of likely N-dealkylation sites (tertiary alicyclic amines) is 1. The predicted octanol–water partition coefficient (Wildman–Crippen LogP) is 4.14. The molecule has 3 aliphatic rings. The first-order chi connectivity index (χ1) is 17.7. The summed E-state index contributed by atoms with van der Waals surface area (Å²) in [6.45, 7) is 1.40. The summed E-state index contributed by atoms with van der Waals surface area (Å²) >= 11 is 0. The van der Waals surface area contributed by atoms with E-state index < -0.39 is 22.5 Å². The van der Waals surface area contributed by atoms with Crippen molar-refractivity contribution >= 4 is 33.2 Å². The summed E-state index contributed by atoms with van der Waals surface area (Å²) in [5.41, 5.74) is 1.19. The van der Waals surface area contributed by atoms with E-state index in [4.69, 9.17) is 5.10 Å². The van der Waals surface area contributed by atoms with Crippen LogP contribution in [-0.4, -0.2) is 65.4 Å². The lowest BCUT2D eigenvalue weighted by Gasteiger charge is -2.47. The van der Waals surface area contributed by atoms with Crippen LogP contribution in [0.2, 0.25) is 0 Å². The van der Waals surface area contributed by atoms with Crippen LogP contribution < -0.4 is 10.9 Å². The first kappa shape index (κ1) is 24.4. The Labute approximate surface area is 215 Å². The molecule has 196 valence electrons. The molecule has 0 atom stereocenters. The number of fused-ring (bicyclic) bond motifs is 2. The first-order valence-electron chi connectivity index (χ1n) is 12.5. The molecule has 4 heterocycles. The molecule has 0 spiro atoms. The molecule has 37 heavy (non-hydrogen) atoms. The average Bonchev–Trinajstić information content (AvgIpc) is 3.33. The monoisotopic (exact) mass is 527 g/mol. The molecule has 1 saturated heterocycles. The number of aromatic amines is 1. The van der Waals surface area contributed by atoms with Gasteiger partial charge in [0.2, 0.25) is 0 Å². The molecule has 1 aromatic carbocycles. The summed E-state index contributed by atoms with van der Waals surface area (Å²) in [4.78, 5) is 18.3. The van der Waals surface area contributed by atoms with E-state index in [0.29, 0.717) is 65.8 Å². The maximum atomic E-state index is 13.4. The fraction of sp³-hybridized carbons (Fsp3) is 0.480. The minimum Gasteiger partial charge on any atom is -0.338 e. The minimum atomic E-state index is -3.06. The lowest BCUT2D eigenvalue weighted by molar-refractivity contribution is -0.00330. The third kappa shape index (κ3) is 3.93. The zero-order chi connectivity index (χ0) is 25.9. The van der Waals surface area contributed by atoms with Gasteiger partial charge in [-0.05, 0) is 49.4 Å². The summed E-state index contributed by atoms with van der Waals surface area (Å²) < 4.78 is 38.0. The van der Waals surface area contributed by atoms with Gasteiger partial charge >= 0.3 is 0 Å². The molecule has 2 aromatic heterocycles. The number of H-pyrrole nitrogens is 1. The third-order valence-corrected chi connectivity index (χ3v) is 10.1. The molecule has 1 saturated carbocycles. The second-order valence-corrected chi connectivity index (χ2v) is 12.5. The highest BCUT2D eigenvalue weighted by Crippen LogP contribution is 2.58. The molecular weight excluding hydrogens is 497 g/mol. The Bertz CT molecular complexity index is 1450. The number of anilines is 2. The highest BCUT2D eigenvalue weighted by atomic mass is 32.3. The number of rotatable bonds is 5. The quantitative estimate of drug-likeness (QED) is 0.389. The molecule has 2 fully saturated rings. The normalized spacial score (nSPS) is 26.9. The molecule has 0 amide bonds. The number of benzene rings is 1. The number of hydrogen-bond donors (Lipinski definition) is 4. The van der Waals surface area contributed by atoms with Gasteiger partial charge in [0.1, 0.15) is 11.6 Å². The summed E-state index contributed by atoms with van der Waals surface area (Å²) in [6, 6.07) is 9.80. The van der Waals surface area contributed by atoms with E-state index in [0.717, 1.165) is 18.4 Å². The van der Waals surface area contributed by atoms with Crippen molar-refractivity contribution in [3.8, 4) is 6.07 Å². The predicted molar refractivity (Wildman–Crippen MR) is 140 cm³/mol. The SMILES string of the molecule is CN1Cc2ccc(Nc3nn(C4(CC#N)CCC(N5CC(F)C5)CC4)c4cc[nH]c(=O)c34)cc2S1(O)O. The van der Waals surface area contributed by atoms with E-state index in [1.54, 1.807) is 25.4 Å². The molecular formula is C25H30FN7O3S. The summed E-state index contributed by atoms with van der Waals surface area (Å²) in [5.74, 6) is 0.349. The molecule has 12 heteroatoms. The number of nitriles is 1. The van der Waals surface area contributed by atoms with Gasteiger partial charge in [-0.25, -0.2) is 8.70 Å². The van der Waals surface area contributed by atoms with Gasteiger partial charge in [-0.15, -0.1) is 10.8 Å². The van der Waals surface area contributed by atoms with Crippen molar-refractivity contribution in [3.05, 3.63) is 46.4 Å². The van der Waals surface area contributed by atoms with Crippen LogP contribution in [0, 0.1) is 11.3 Å². The molecule has 6 rings (SSSR count). The van der Waals surface area contributed by atoms with Crippen LogP contribution in [-0.2, 0) is 12.1 Å². The van der Waals surface area contributed by atoms with Gasteiger partial charge in [0.05, 0.1) is 28.4 Å². The smallest absolute Gasteiger partial charge is 0.261 e. The van der Waals surface area contributed by atoms with E-state index in [-0.39, 0.29) is 12.0 Å². The molecule has 4 N–H and O–H groups in total. The topological polar surface area (TPSA) is 133 Å². The van der Waals surface area contributed by atoms with Crippen LogP contribution in [0.15, 0.2) is 40.2 Å². The van der Waals surface area contributed by atoms with E-state index in [1.165, 1.54) is 4.31 Å². The highest BCUT2D eigenvalue weighted by Gasteiger charge is 2.43. The number of pyridine rings is 1. The second kappa shape index (κ2) is 8.82. The van der Waals surface area contributed by atoms with Crippen molar-refractivity contribution in [1.82, 2.24) is 24.0 Å². The molecule has 10 nitrogen and oxygen atoms in total. The molecule has 0 radical (unpaired) electrons. The Morgan fingerprint density at radius 1 is 1.30 bits per heavy atom. The molecule has 0 bridgehead atoms. The van der Waals surface area contributed by atoms with Crippen LogP contribution in [0.4, 0.5) is 15.9 Å². The van der Waals surface area contributed by atoms with Crippen molar-refractivity contribution in [1.29, 1.82) is 5.26 Å². The van der Waals surface area contributed by atoms with Gasteiger partial charge in [0.15, 0.2) is 5.82 Å². The molecule has 0 unspecified atom stereocenters. The number of hydrogen-bond acceptors (Lipinski definition) is 8. The van der Waals surface area contributed by atoms with E-state index in [2.05, 4.69) is 21.3 Å². The van der Waals surface area contributed by atoms with Crippen molar-refractivity contribution in [2.24, 2.45) is 0 Å². The van der Waals surface area contributed by atoms with Crippen LogP contribution in [0.3, 0.4) is 0 Å². The van der Waals surface area contributed by atoms with Gasteiger partial charge in [0.25, 0.3) is 5.56 Å². The van der Waals surface area contributed by atoms with Crippen molar-refractivity contribution in [2.45, 2.75) is 61.3 Å². The van der Waals surface area contributed by atoms with Gasteiger partial charge in [-0.3, -0.25) is 23.5 Å². The standard InChI is InChI=1S/C25H30FN7O3S/c1-31-13-16-2-3-18(12-21(16)37(31,35)36)29-23-22-20(6-11-28-24(22)34)33(30-23)25(9-10-27)7-4-19(5-8-25)32-14-17(26)15-32/h2-3,6,11-12,17,19,35-36H,4-5,7-9,13-15H2,1H3,(H,28,34)(H,29,30). The zero-order valence-corrected chi connectivity index (χ0v) is 21.3. The van der Waals surface area contributed by atoms with Gasteiger partial charge in [-0.1, -0.05) is 6.07 Å². The van der Waals surface area contributed by atoms with E-state index in [1.807, 2.05) is 16.8 Å². The van der Waals surface area contributed by atoms with Gasteiger partial charge in [-0.2, -0.15) is 10.4 Å². The van der Waals surface area contributed by atoms with Crippen LogP contribution >= 0.6 is 10.8 Å². The average molecular weight is 528 g/mol. The second-order valence-electron chi connectivity index (χ2n) is 10.4. The number of halogens is 1. The largest absolute Gasteiger partial charge is 0.338 e. The van der Waals surface area contributed by atoms with E-state index >= 15 is 0 Å². The van der Waals surface area contributed by atoms with Crippen LogP contribution in [0.5, 0.6) is 0 Å². The number of aromatic nitrogens is 3. The molecule has 2 aliphatic heterocycles. The maximum Gasteiger partial charge on any atom is 0.261 e. The number of nitrogens with one attached hydrogen (secondary N) is 2. The summed E-state index contributed by atoms with van der Waals surface area (Å²) in [5, 5.41) is 18.2. The number of nitrogens with zero attached hydrogens (tertiary/aromatic N) is 5. The fourth-order valence-electron chi connectivity index (χ4n) is 6.05. The molecule has 1 aliphatic carbocycles. The Hall–Kier alpha value is -2.95. The number of alkyl halides is 1. The van der Waals surface area contributed by atoms with Gasteiger partial charge in [0, 0.05) is 44.6 Å². The lowest BCUT2D eigenvalue weighted by atomic mass is 9.76. The Kier molecular flexibility index (Phi) is 5.81. The first-order valence-corrected chi connectivity index (χ1v) is 14.0. The Morgan fingerprint density at radius 3 is 2.76 bits per heavy atom. The summed E-state index contributed by atoms with van der Waals surface area (Å²) in [7, 11) is -1.39. The lowest BCUT2D eigenvalue weighted by Crippen LogP contribution is -2.55. The molecule has 3 aromatic rings. The zero-order valence-electron chi connectivity index (χ0n) is 20.5. The van der Waals surface area contributed by atoms with Crippen molar-refractivity contribution in [3.63, 3.8) is 0 Å². The van der Waals surface area contributed by atoms with Crippen LogP contribution in [0.1, 0.15) is 37.7 Å². The fourth-order valence-corrected chi connectivity index (χ4v) is 7.47. The maximum absolute atomic E-state index is 13.4. The minimum absolute atomic E-state index is 0.251. The van der Waals surface area contributed by atoms with Crippen molar-refractivity contribution in [2.75, 3.05) is 25.5 Å². The highest BCUT2D eigenvalue weighted by molar-refractivity contribution is 8.22. The van der Waals surface area contributed by atoms with Crippen molar-refractivity contribution < 1.29 is 13.5 Å². The Morgan fingerprint density at radius 2 is 2.05 bits per heavy atom.